The van der Waals surface area contributed by atoms with Crippen LogP contribution in [0.15, 0.2) is 24.3 Å². The fourth-order valence-corrected chi connectivity index (χ4v) is 2.63. The second-order valence-electron chi connectivity index (χ2n) is 5.16. The second kappa shape index (κ2) is 4.56. The lowest BCUT2D eigenvalue weighted by atomic mass is 9.72. The highest BCUT2D eigenvalue weighted by Crippen LogP contribution is 2.34. The maximum atomic E-state index is 6.05. The Hall–Kier alpha value is -0.860. The Bertz CT molecular complexity index is 352. The fraction of sp³-hybridized carbons (Fsp3) is 0.571. The minimum Gasteiger partial charge on any atom is -0.330 e. The molecule has 0 unspecified atom stereocenters. The summed E-state index contributed by atoms with van der Waals surface area (Å²) in [5.74, 6) is 0. The first kappa shape index (κ1) is 11.6. The van der Waals surface area contributed by atoms with Crippen molar-refractivity contribution in [3.8, 4) is 0 Å². The molecular weight excluding hydrogens is 196 g/mol. The van der Waals surface area contributed by atoms with Gasteiger partial charge in [0.25, 0.3) is 0 Å². The Morgan fingerprint density at radius 2 is 2.00 bits per heavy atom. The molecule has 1 fully saturated rings. The van der Waals surface area contributed by atoms with E-state index >= 15 is 0 Å². The lowest BCUT2D eigenvalue weighted by Gasteiger charge is -2.40. The third kappa shape index (κ3) is 2.13. The maximum Gasteiger partial charge on any atom is 0.00999 e. The molecule has 0 amide bonds. The Kier molecular flexibility index (Phi) is 3.31. The molecule has 1 heterocycles. The third-order valence-electron chi connectivity index (χ3n) is 3.97. The largest absolute Gasteiger partial charge is 0.330 e. The van der Waals surface area contributed by atoms with Crippen LogP contribution in [-0.4, -0.2) is 31.6 Å². The van der Waals surface area contributed by atoms with Crippen LogP contribution in [0, 0.1) is 6.92 Å². The van der Waals surface area contributed by atoms with Crippen LogP contribution in [0.3, 0.4) is 0 Å². The highest BCUT2D eigenvalue weighted by Gasteiger charge is 2.33. The molecule has 0 aliphatic carbocycles. The molecule has 1 aliphatic heterocycles. The number of benzene rings is 1. The van der Waals surface area contributed by atoms with Crippen molar-refractivity contribution >= 4 is 0 Å². The van der Waals surface area contributed by atoms with Gasteiger partial charge in [0.1, 0.15) is 0 Å². The lowest BCUT2D eigenvalue weighted by Crippen LogP contribution is -2.45. The minimum absolute atomic E-state index is 0.221. The zero-order chi connectivity index (χ0) is 11.6. The molecule has 0 aromatic heterocycles. The molecule has 0 radical (unpaired) electrons. The van der Waals surface area contributed by atoms with Crippen molar-refractivity contribution in [3.63, 3.8) is 0 Å². The van der Waals surface area contributed by atoms with Crippen LogP contribution < -0.4 is 5.73 Å². The summed E-state index contributed by atoms with van der Waals surface area (Å²) in [4.78, 5) is 2.39. The zero-order valence-electron chi connectivity index (χ0n) is 10.4. The van der Waals surface area contributed by atoms with E-state index in [1.807, 2.05) is 0 Å². The Morgan fingerprint density at radius 1 is 1.31 bits per heavy atom. The molecule has 16 heavy (non-hydrogen) atoms. The summed E-state index contributed by atoms with van der Waals surface area (Å²) in [6.45, 7) is 5.24. The molecule has 0 spiro atoms. The van der Waals surface area contributed by atoms with Crippen LogP contribution in [0.25, 0.3) is 0 Å². The van der Waals surface area contributed by atoms with E-state index in [2.05, 4.69) is 43.1 Å². The summed E-state index contributed by atoms with van der Waals surface area (Å²) in [6, 6.07) is 8.85. The number of aryl methyl sites for hydroxylation is 1. The van der Waals surface area contributed by atoms with Crippen molar-refractivity contribution in [2.24, 2.45) is 5.73 Å². The normalized spacial score (nSPS) is 20.9. The average Bonchev–Trinajstić information content (AvgIpc) is 2.31. The summed E-state index contributed by atoms with van der Waals surface area (Å²) in [7, 11) is 2.19. The van der Waals surface area contributed by atoms with Crippen molar-refractivity contribution in [3.05, 3.63) is 35.4 Å². The first-order chi connectivity index (χ1) is 7.66. The van der Waals surface area contributed by atoms with Gasteiger partial charge >= 0.3 is 0 Å². The molecule has 1 saturated heterocycles. The predicted molar refractivity (Wildman–Crippen MR) is 68.6 cm³/mol. The van der Waals surface area contributed by atoms with Gasteiger partial charge in [0.15, 0.2) is 0 Å². The summed E-state index contributed by atoms with van der Waals surface area (Å²) in [5.41, 5.74) is 9.04. The molecule has 0 saturated carbocycles. The standard InChI is InChI=1S/C14H22N2/c1-12-4-3-5-13(10-12)14(11-15)6-8-16(2)9-7-14/h3-5,10H,6-9,11,15H2,1-2H3. The molecular formula is C14H22N2. The van der Waals surface area contributed by atoms with E-state index in [9.17, 15) is 0 Å². The smallest absolute Gasteiger partial charge is 0.00999 e. The minimum atomic E-state index is 0.221. The van der Waals surface area contributed by atoms with Crippen LogP contribution in [0.4, 0.5) is 0 Å². The van der Waals surface area contributed by atoms with Crippen molar-refractivity contribution in [1.29, 1.82) is 0 Å². The van der Waals surface area contributed by atoms with E-state index < -0.39 is 0 Å². The Labute approximate surface area is 98.4 Å². The molecule has 0 atom stereocenters. The van der Waals surface area contributed by atoms with Gasteiger partial charge in [-0.2, -0.15) is 0 Å². The Morgan fingerprint density at radius 3 is 2.56 bits per heavy atom. The van der Waals surface area contributed by atoms with Crippen LogP contribution in [0.5, 0.6) is 0 Å². The molecule has 0 bridgehead atoms. The molecule has 88 valence electrons. The lowest BCUT2D eigenvalue weighted by molar-refractivity contribution is 0.191. The third-order valence-corrected chi connectivity index (χ3v) is 3.97. The first-order valence-corrected chi connectivity index (χ1v) is 6.12. The molecule has 1 aromatic rings. The van der Waals surface area contributed by atoms with E-state index in [1.54, 1.807) is 0 Å². The van der Waals surface area contributed by atoms with E-state index in [-0.39, 0.29) is 5.41 Å². The number of hydrogen-bond acceptors (Lipinski definition) is 2. The molecule has 2 nitrogen and oxygen atoms in total. The van der Waals surface area contributed by atoms with Gasteiger partial charge < -0.3 is 10.6 Å². The number of nitrogens with zero attached hydrogens (tertiary/aromatic N) is 1. The van der Waals surface area contributed by atoms with Crippen molar-refractivity contribution < 1.29 is 0 Å². The summed E-state index contributed by atoms with van der Waals surface area (Å²) < 4.78 is 0. The molecule has 2 heteroatoms. The van der Waals surface area contributed by atoms with Gasteiger partial charge in [-0.05, 0) is 45.5 Å². The van der Waals surface area contributed by atoms with Crippen LogP contribution in [0.1, 0.15) is 24.0 Å². The van der Waals surface area contributed by atoms with Gasteiger partial charge in [0.05, 0.1) is 0 Å². The molecule has 2 N–H and O–H groups in total. The topological polar surface area (TPSA) is 29.3 Å². The predicted octanol–water partition coefficient (Wildman–Crippen LogP) is 1.92. The van der Waals surface area contributed by atoms with Gasteiger partial charge in [0, 0.05) is 12.0 Å². The molecule has 1 aromatic carbocycles. The van der Waals surface area contributed by atoms with Crippen LogP contribution in [-0.2, 0) is 5.41 Å². The van der Waals surface area contributed by atoms with Gasteiger partial charge in [-0.25, -0.2) is 0 Å². The number of likely N-dealkylation sites (tertiary alicyclic amines) is 1. The van der Waals surface area contributed by atoms with Crippen molar-refractivity contribution in [1.82, 2.24) is 4.90 Å². The fourth-order valence-electron chi connectivity index (χ4n) is 2.63. The monoisotopic (exact) mass is 218 g/mol. The Balaban J connectivity index is 2.28. The highest BCUT2D eigenvalue weighted by molar-refractivity contribution is 5.30. The van der Waals surface area contributed by atoms with Crippen molar-refractivity contribution in [2.45, 2.75) is 25.2 Å². The van der Waals surface area contributed by atoms with E-state index in [1.165, 1.54) is 24.0 Å². The zero-order valence-corrected chi connectivity index (χ0v) is 10.4. The average molecular weight is 218 g/mol. The number of rotatable bonds is 2. The van der Waals surface area contributed by atoms with E-state index in [0.717, 1.165) is 19.6 Å². The van der Waals surface area contributed by atoms with Gasteiger partial charge in [-0.3, -0.25) is 0 Å². The molecule has 2 rings (SSSR count). The second-order valence-corrected chi connectivity index (χ2v) is 5.16. The summed E-state index contributed by atoms with van der Waals surface area (Å²) in [6.07, 6.45) is 2.37. The highest BCUT2D eigenvalue weighted by atomic mass is 15.1. The first-order valence-electron chi connectivity index (χ1n) is 6.12. The molecule has 1 aliphatic rings. The van der Waals surface area contributed by atoms with Crippen LogP contribution >= 0.6 is 0 Å². The van der Waals surface area contributed by atoms with Gasteiger partial charge in [-0.15, -0.1) is 0 Å². The SMILES string of the molecule is Cc1cccc(C2(CN)CCN(C)CC2)c1. The van der Waals surface area contributed by atoms with E-state index in [4.69, 9.17) is 5.73 Å². The number of piperidine rings is 1. The summed E-state index contributed by atoms with van der Waals surface area (Å²) in [5, 5.41) is 0. The summed E-state index contributed by atoms with van der Waals surface area (Å²) >= 11 is 0. The van der Waals surface area contributed by atoms with E-state index in [0.29, 0.717) is 0 Å². The van der Waals surface area contributed by atoms with Gasteiger partial charge in [-0.1, -0.05) is 29.8 Å². The quantitative estimate of drug-likeness (QED) is 0.821. The number of hydrogen-bond donors (Lipinski definition) is 1. The van der Waals surface area contributed by atoms with Gasteiger partial charge in [0.2, 0.25) is 0 Å². The van der Waals surface area contributed by atoms with Crippen LogP contribution in [0.2, 0.25) is 0 Å². The van der Waals surface area contributed by atoms with Crippen molar-refractivity contribution in [2.75, 3.05) is 26.7 Å². The number of nitrogens with two attached hydrogens (primary N) is 1. The maximum absolute atomic E-state index is 6.05.